The Morgan fingerprint density at radius 1 is 1.40 bits per heavy atom. The second-order valence-electron chi connectivity index (χ2n) is 6.09. The van der Waals surface area contributed by atoms with E-state index in [0.717, 1.165) is 37.4 Å². The molecule has 0 bridgehead atoms. The number of rotatable bonds is 6. The fourth-order valence-corrected chi connectivity index (χ4v) is 3.36. The van der Waals surface area contributed by atoms with E-state index in [2.05, 4.69) is 36.3 Å². The van der Waals surface area contributed by atoms with Crippen LogP contribution in [0.2, 0.25) is 0 Å². The summed E-state index contributed by atoms with van der Waals surface area (Å²) in [5.41, 5.74) is 1.12. The van der Waals surface area contributed by atoms with E-state index in [9.17, 15) is 0 Å². The Kier molecular flexibility index (Phi) is 5.55. The molecule has 112 valence electrons. The predicted molar refractivity (Wildman–Crippen MR) is 82.8 cm³/mol. The van der Waals surface area contributed by atoms with Crippen molar-refractivity contribution in [2.45, 2.75) is 57.6 Å². The van der Waals surface area contributed by atoms with Gasteiger partial charge in [-0.15, -0.1) is 0 Å². The molecule has 3 nitrogen and oxygen atoms in total. The van der Waals surface area contributed by atoms with Crippen LogP contribution in [-0.4, -0.2) is 30.3 Å². The second kappa shape index (κ2) is 7.19. The molecule has 0 aromatic carbocycles. The van der Waals surface area contributed by atoms with Crippen LogP contribution in [0.4, 0.5) is 0 Å². The molecule has 0 saturated heterocycles. The minimum Gasteiger partial charge on any atom is -0.377 e. The molecule has 2 rings (SSSR count). The van der Waals surface area contributed by atoms with Crippen LogP contribution in [0.5, 0.6) is 0 Å². The molecule has 1 aliphatic rings. The van der Waals surface area contributed by atoms with Gasteiger partial charge in [0.1, 0.15) is 0 Å². The van der Waals surface area contributed by atoms with E-state index in [4.69, 9.17) is 4.74 Å². The van der Waals surface area contributed by atoms with Crippen molar-refractivity contribution in [3.05, 3.63) is 30.1 Å². The van der Waals surface area contributed by atoms with Crippen molar-refractivity contribution >= 4 is 0 Å². The summed E-state index contributed by atoms with van der Waals surface area (Å²) in [5, 5.41) is 3.64. The number of nitrogens with one attached hydrogen (secondary N) is 1. The van der Waals surface area contributed by atoms with E-state index in [0.29, 0.717) is 6.04 Å². The van der Waals surface area contributed by atoms with Gasteiger partial charge in [-0.05, 0) is 50.3 Å². The Morgan fingerprint density at radius 2 is 2.15 bits per heavy atom. The predicted octanol–water partition coefficient (Wildman–Crippen LogP) is 3.20. The summed E-state index contributed by atoms with van der Waals surface area (Å²) in [7, 11) is 1.87. The molecular weight excluding hydrogens is 248 g/mol. The van der Waals surface area contributed by atoms with Gasteiger partial charge in [-0.1, -0.05) is 19.9 Å². The smallest absolute Gasteiger partial charge is 0.0835 e. The number of hydrogen-bond acceptors (Lipinski definition) is 3. The highest BCUT2D eigenvalue weighted by molar-refractivity contribution is 5.09. The van der Waals surface area contributed by atoms with Crippen LogP contribution in [0.3, 0.4) is 0 Å². The van der Waals surface area contributed by atoms with Gasteiger partial charge in [0.25, 0.3) is 0 Å². The number of likely N-dealkylation sites (N-methyl/N-ethyl adjacent to an activating group) is 1. The van der Waals surface area contributed by atoms with Crippen LogP contribution in [0.15, 0.2) is 24.4 Å². The summed E-state index contributed by atoms with van der Waals surface area (Å²) < 4.78 is 6.02. The topological polar surface area (TPSA) is 34.2 Å². The van der Waals surface area contributed by atoms with Crippen LogP contribution in [0.25, 0.3) is 0 Å². The van der Waals surface area contributed by atoms with Gasteiger partial charge in [0.15, 0.2) is 0 Å². The molecular formula is C17H28N2O. The van der Waals surface area contributed by atoms with Gasteiger partial charge in [-0.25, -0.2) is 0 Å². The maximum Gasteiger partial charge on any atom is 0.0835 e. The highest BCUT2D eigenvalue weighted by Crippen LogP contribution is 2.37. The minimum absolute atomic E-state index is 0.0277. The molecule has 1 fully saturated rings. The SMILES string of the molecule is CCNC(Cc1ccccn1)C1(OC)CCC(C)CC1. The molecule has 3 heteroatoms. The van der Waals surface area contributed by atoms with E-state index < -0.39 is 0 Å². The van der Waals surface area contributed by atoms with Gasteiger partial charge in [-0.2, -0.15) is 0 Å². The van der Waals surface area contributed by atoms with Crippen LogP contribution >= 0.6 is 0 Å². The molecule has 1 saturated carbocycles. The summed E-state index contributed by atoms with van der Waals surface area (Å²) in [5.74, 6) is 0.829. The number of ether oxygens (including phenoxy) is 1. The van der Waals surface area contributed by atoms with Gasteiger partial charge >= 0.3 is 0 Å². The zero-order valence-corrected chi connectivity index (χ0v) is 13.1. The Hall–Kier alpha value is -0.930. The van der Waals surface area contributed by atoms with Gasteiger partial charge < -0.3 is 10.1 Å². The normalized spacial score (nSPS) is 28.2. The molecule has 1 atom stereocenters. The fraction of sp³-hybridized carbons (Fsp3) is 0.706. The first kappa shape index (κ1) is 15.5. The average molecular weight is 276 g/mol. The number of methoxy groups -OCH3 is 1. The number of hydrogen-bond donors (Lipinski definition) is 1. The first-order valence-electron chi connectivity index (χ1n) is 7.88. The number of pyridine rings is 1. The first-order chi connectivity index (χ1) is 9.70. The summed E-state index contributed by atoms with van der Waals surface area (Å²) in [4.78, 5) is 4.48. The molecule has 0 amide bonds. The van der Waals surface area contributed by atoms with Crippen molar-refractivity contribution in [3.8, 4) is 0 Å². The van der Waals surface area contributed by atoms with E-state index >= 15 is 0 Å². The van der Waals surface area contributed by atoms with Crippen LogP contribution in [-0.2, 0) is 11.2 Å². The second-order valence-corrected chi connectivity index (χ2v) is 6.09. The molecule has 1 aromatic rings. The zero-order chi connectivity index (χ0) is 14.4. The summed E-state index contributed by atoms with van der Waals surface area (Å²) >= 11 is 0. The maximum absolute atomic E-state index is 6.02. The number of nitrogens with zero attached hydrogens (tertiary/aromatic N) is 1. The van der Waals surface area contributed by atoms with E-state index in [1.54, 1.807) is 0 Å². The lowest BCUT2D eigenvalue weighted by Crippen LogP contribution is -2.55. The molecule has 0 aliphatic heterocycles. The molecule has 0 radical (unpaired) electrons. The largest absolute Gasteiger partial charge is 0.377 e. The molecule has 0 spiro atoms. The third-order valence-electron chi connectivity index (χ3n) is 4.75. The Morgan fingerprint density at radius 3 is 2.70 bits per heavy atom. The summed E-state index contributed by atoms with van der Waals surface area (Å²) in [6, 6.07) is 6.49. The van der Waals surface area contributed by atoms with Crippen LogP contribution in [0, 0.1) is 5.92 Å². The van der Waals surface area contributed by atoms with E-state index in [1.165, 1.54) is 12.8 Å². The molecule has 1 aliphatic carbocycles. The Labute approximate surface area is 123 Å². The third kappa shape index (κ3) is 3.58. The minimum atomic E-state index is -0.0277. The molecule has 1 aromatic heterocycles. The summed E-state index contributed by atoms with van der Waals surface area (Å²) in [6.45, 7) is 5.49. The molecule has 1 N–H and O–H groups in total. The quantitative estimate of drug-likeness (QED) is 0.866. The monoisotopic (exact) mass is 276 g/mol. The molecule has 20 heavy (non-hydrogen) atoms. The van der Waals surface area contributed by atoms with Crippen molar-refractivity contribution in [3.63, 3.8) is 0 Å². The van der Waals surface area contributed by atoms with Gasteiger partial charge in [0, 0.05) is 31.5 Å². The van der Waals surface area contributed by atoms with Crippen molar-refractivity contribution in [2.75, 3.05) is 13.7 Å². The standard InChI is InChI=1S/C17H28N2O/c1-4-18-16(13-15-7-5-6-12-19-15)17(20-3)10-8-14(2)9-11-17/h5-7,12,14,16,18H,4,8-11,13H2,1-3H3. The maximum atomic E-state index is 6.02. The van der Waals surface area contributed by atoms with Gasteiger partial charge in [0.05, 0.1) is 5.60 Å². The lowest BCUT2D eigenvalue weighted by Gasteiger charge is -2.44. The third-order valence-corrected chi connectivity index (χ3v) is 4.75. The summed E-state index contributed by atoms with van der Waals surface area (Å²) in [6.07, 6.45) is 7.64. The van der Waals surface area contributed by atoms with Crippen molar-refractivity contribution < 1.29 is 4.74 Å². The fourth-order valence-electron chi connectivity index (χ4n) is 3.36. The lowest BCUT2D eigenvalue weighted by atomic mass is 9.74. The first-order valence-corrected chi connectivity index (χ1v) is 7.88. The lowest BCUT2D eigenvalue weighted by molar-refractivity contribution is -0.0744. The molecule has 1 unspecified atom stereocenters. The highest BCUT2D eigenvalue weighted by atomic mass is 16.5. The van der Waals surface area contributed by atoms with Gasteiger partial charge in [0.2, 0.25) is 0 Å². The number of aromatic nitrogens is 1. The Bertz CT molecular complexity index is 385. The van der Waals surface area contributed by atoms with Crippen molar-refractivity contribution in [2.24, 2.45) is 5.92 Å². The van der Waals surface area contributed by atoms with E-state index in [-0.39, 0.29) is 5.60 Å². The zero-order valence-electron chi connectivity index (χ0n) is 13.1. The molecule has 1 heterocycles. The van der Waals surface area contributed by atoms with Crippen LogP contribution < -0.4 is 5.32 Å². The van der Waals surface area contributed by atoms with Crippen LogP contribution in [0.1, 0.15) is 45.2 Å². The highest BCUT2D eigenvalue weighted by Gasteiger charge is 2.41. The van der Waals surface area contributed by atoms with Crippen molar-refractivity contribution in [1.29, 1.82) is 0 Å². The Balaban J connectivity index is 2.13. The van der Waals surface area contributed by atoms with Gasteiger partial charge in [-0.3, -0.25) is 4.98 Å². The average Bonchev–Trinajstić information content (AvgIpc) is 2.49. The van der Waals surface area contributed by atoms with E-state index in [1.807, 2.05) is 19.4 Å². The van der Waals surface area contributed by atoms with Crippen molar-refractivity contribution in [1.82, 2.24) is 10.3 Å².